The first-order valence-electron chi connectivity index (χ1n) is 11.5. The Labute approximate surface area is 209 Å². The number of alkyl halides is 3. The molecule has 0 bridgehead atoms. The number of hydrogen-bond donors (Lipinski definition) is 0. The van der Waals surface area contributed by atoms with Crippen LogP contribution in [0.25, 0.3) is 6.08 Å². The highest BCUT2D eigenvalue weighted by Crippen LogP contribution is 2.33. The minimum Gasteiger partial charge on any atom is -0.423 e. The van der Waals surface area contributed by atoms with Crippen molar-refractivity contribution < 1.29 is 40.3 Å². The first-order valence-corrected chi connectivity index (χ1v) is 11.5. The molecule has 0 heterocycles. The summed E-state index contributed by atoms with van der Waals surface area (Å²) < 4.78 is 99.5. The van der Waals surface area contributed by atoms with E-state index < -0.39 is 46.5 Å². The van der Waals surface area contributed by atoms with Crippen molar-refractivity contribution in [1.82, 2.24) is 0 Å². The number of allylic oxidation sites excluding steroid dienone is 1. The van der Waals surface area contributed by atoms with Gasteiger partial charge in [-0.25, -0.2) is 22.4 Å². The third kappa shape index (κ3) is 7.44. The van der Waals surface area contributed by atoms with Crippen LogP contribution in [-0.4, -0.2) is 5.97 Å². The van der Waals surface area contributed by atoms with Gasteiger partial charge in [0.1, 0.15) is 34.6 Å². The largest absolute Gasteiger partial charge is 0.423 e. The molecule has 3 rings (SSSR count). The van der Waals surface area contributed by atoms with Crippen LogP contribution in [0.3, 0.4) is 0 Å². The Balaban J connectivity index is 1.64. The molecule has 0 aliphatic rings. The van der Waals surface area contributed by atoms with Crippen LogP contribution in [0, 0.1) is 23.3 Å². The Kier molecular flexibility index (Phi) is 9.13. The summed E-state index contributed by atoms with van der Waals surface area (Å²) >= 11 is 0. The second kappa shape index (κ2) is 12.1. The fourth-order valence-corrected chi connectivity index (χ4v) is 3.62. The highest BCUT2D eigenvalue weighted by atomic mass is 19.4. The molecule has 0 amide bonds. The number of hydrogen-bond acceptors (Lipinski definition) is 2. The Bertz CT molecular complexity index is 1270. The maximum atomic E-state index is 14.5. The number of esters is 1. The number of aryl methyl sites for hydroxylation is 2. The standard InChI is InChI=1S/C28H23F7O2/c1-2-3-6-17-9-10-19(22(29)13-17)8-5-4-7-18-14-24(31)26(25(32)15-18)27(36)37-20-11-12-21(23(30)16-20)28(33,34)35/h4,7,9-16H,2-3,5-6,8H2,1H3/b7-4+. The van der Waals surface area contributed by atoms with E-state index in [1.54, 1.807) is 12.1 Å². The molecule has 0 aromatic heterocycles. The van der Waals surface area contributed by atoms with Gasteiger partial charge >= 0.3 is 12.1 Å². The van der Waals surface area contributed by atoms with E-state index in [0.717, 1.165) is 37.0 Å². The average Bonchev–Trinajstić information content (AvgIpc) is 2.80. The molecule has 2 nitrogen and oxygen atoms in total. The van der Waals surface area contributed by atoms with E-state index in [1.165, 1.54) is 12.1 Å². The fraction of sp³-hybridized carbons (Fsp3) is 0.250. The molecule has 0 fully saturated rings. The Morgan fingerprint density at radius 1 is 0.865 bits per heavy atom. The molecule has 0 saturated carbocycles. The van der Waals surface area contributed by atoms with Gasteiger partial charge < -0.3 is 4.74 Å². The molecule has 3 aromatic rings. The molecule has 0 N–H and O–H groups in total. The number of rotatable bonds is 9. The number of ether oxygens (including phenoxy) is 1. The molecule has 0 spiro atoms. The Morgan fingerprint density at radius 3 is 2.16 bits per heavy atom. The topological polar surface area (TPSA) is 26.3 Å². The molecule has 9 heteroatoms. The molecule has 3 aromatic carbocycles. The van der Waals surface area contributed by atoms with Crippen molar-refractivity contribution in [3.63, 3.8) is 0 Å². The first kappa shape index (κ1) is 28.0. The summed E-state index contributed by atoms with van der Waals surface area (Å²) in [6, 6.07) is 8.16. The molecular weight excluding hydrogens is 501 g/mol. The fourth-order valence-electron chi connectivity index (χ4n) is 3.62. The zero-order valence-corrected chi connectivity index (χ0v) is 19.8. The average molecular weight is 524 g/mol. The number of carbonyl (C=O) groups excluding carboxylic acids is 1. The maximum absolute atomic E-state index is 14.5. The lowest BCUT2D eigenvalue weighted by Crippen LogP contribution is -2.14. The van der Waals surface area contributed by atoms with Gasteiger partial charge in [-0.05, 0) is 72.7 Å². The molecule has 0 unspecified atom stereocenters. The van der Waals surface area contributed by atoms with E-state index in [1.807, 2.05) is 6.07 Å². The van der Waals surface area contributed by atoms with E-state index in [4.69, 9.17) is 0 Å². The van der Waals surface area contributed by atoms with E-state index in [2.05, 4.69) is 11.7 Å². The summed E-state index contributed by atoms with van der Waals surface area (Å²) in [5, 5.41) is 0. The van der Waals surface area contributed by atoms with Crippen molar-refractivity contribution in [3.05, 3.63) is 106 Å². The molecule has 0 saturated heterocycles. The van der Waals surface area contributed by atoms with Crippen molar-refractivity contribution in [2.45, 2.75) is 45.2 Å². The van der Waals surface area contributed by atoms with Crippen molar-refractivity contribution in [2.75, 3.05) is 0 Å². The quantitative estimate of drug-likeness (QED) is 0.159. The van der Waals surface area contributed by atoms with Gasteiger partial charge in [-0.15, -0.1) is 0 Å². The van der Waals surface area contributed by atoms with E-state index in [9.17, 15) is 35.5 Å². The summed E-state index contributed by atoms with van der Waals surface area (Å²) in [4.78, 5) is 12.2. The van der Waals surface area contributed by atoms with E-state index >= 15 is 0 Å². The zero-order valence-electron chi connectivity index (χ0n) is 19.8. The van der Waals surface area contributed by atoms with Crippen LogP contribution in [0.4, 0.5) is 30.7 Å². The Morgan fingerprint density at radius 2 is 1.57 bits per heavy atom. The van der Waals surface area contributed by atoms with E-state index in [0.29, 0.717) is 36.6 Å². The van der Waals surface area contributed by atoms with Crippen molar-refractivity contribution >= 4 is 12.0 Å². The number of benzene rings is 3. The minimum absolute atomic E-state index is 0.0857. The summed E-state index contributed by atoms with van der Waals surface area (Å²) in [6.45, 7) is 2.06. The lowest BCUT2D eigenvalue weighted by molar-refractivity contribution is -0.140. The summed E-state index contributed by atoms with van der Waals surface area (Å²) in [6.07, 6.45) is 1.58. The lowest BCUT2D eigenvalue weighted by Gasteiger charge is -2.10. The van der Waals surface area contributed by atoms with Crippen LogP contribution in [0.5, 0.6) is 5.75 Å². The molecule has 0 aliphatic carbocycles. The number of unbranched alkanes of at least 4 members (excludes halogenated alkanes) is 1. The van der Waals surface area contributed by atoms with Gasteiger partial charge in [0.15, 0.2) is 0 Å². The highest BCUT2D eigenvalue weighted by molar-refractivity contribution is 5.92. The van der Waals surface area contributed by atoms with Gasteiger partial charge in [0, 0.05) is 6.07 Å². The van der Waals surface area contributed by atoms with Crippen LogP contribution in [0.1, 0.15) is 58.8 Å². The van der Waals surface area contributed by atoms with E-state index in [-0.39, 0.29) is 11.4 Å². The van der Waals surface area contributed by atoms with Crippen molar-refractivity contribution in [2.24, 2.45) is 0 Å². The number of halogens is 7. The first-order chi connectivity index (χ1) is 17.5. The third-order valence-corrected chi connectivity index (χ3v) is 5.55. The predicted molar refractivity (Wildman–Crippen MR) is 125 cm³/mol. The normalized spacial score (nSPS) is 11.8. The van der Waals surface area contributed by atoms with Crippen LogP contribution < -0.4 is 4.74 Å². The van der Waals surface area contributed by atoms with Gasteiger partial charge in [0.05, 0.1) is 5.56 Å². The third-order valence-electron chi connectivity index (χ3n) is 5.55. The second-order valence-corrected chi connectivity index (χ2v) is 8.36. The molecule has 0 aliphatic heterocycles. The van der Waals surface area contributed by atoms with Crippen molar-refractivity contribution in [3.8, 4) is 5.75 Å². The Hall–Kier alpha value is -3.62. The zero-order chi connectivity index (χ0) is 27.2. The second-order valence-electron chi connectivity index (χ2n) is 8.36. The summed E-state index contributed by atoms with van der Waals surface area (Å²) in [5.41, 5.74) is -1.13. The van der Waals surface area contributed by atoms with Gasteiger partial charge in [-0.2, -0.15) is 13.2 Å². The van der Waals surface area contributed by atoms with Gasteiger partial charge in [-0.1, -0.05) is 37.6 Å². The van der Waals surface area contributed by atoms with Gasteiger partial charge in [-0.3, -0.25) is 0 Å². The van der Waals surface area contributed by atoms with Crippen molar-refractivity contribution in [1.29, 1.82) is 0 Å². The maximum Gasteiger partial charge on any atom is 0.419 e. The predicted octanol–water partition coefficient (Wildman–Crippen LogP) is 8.47. The number of carbonyl (C=O) groups is 1. The molecule has 196 valence electrons. The molecule has 0 radical (unpaired) electrons. The van der Waals surface area contributed by atoms with Gasteiger partial charge in [0.2, 0.25) is 0 Å². The summed E-state index contributed by atoms with van der Waals surface area (Å²) in [5.74, 6) is -6.75. The minimum atomic E-state index is -4.96. The van der Waals surface area contributed by atoms with Crippen LogP contribution in [0.2, 0.25) is 0 Å². The monoisotopic (exact) mass is 524 g/mol. The smallest absolute Gasteiger partial charge is 0.419 e. The molecule has 37 heavy (non-hydrogen) atoms. The molecular formula is C28H23F7O2. The van der Waals surface area contributed by atoms with Crippen LogP contribution in [0.15, 0.2) is 54.6 Å². The van der Waals surface area contributed by atoms with Gasteiger partial charge in [0.25, 0.3) is 0 Å². The van der Waals surface area contributed by atoms with Crippen LogP contribution >= 0.6 is 0 Å². The molecule has 0 atom stereocenters. The lowest BCUT2D eigenvalue weighted by atomic mass is 10.0. The summed E-state index contributed by atoms with van der Waals surface area (Å²) in [7, 11) is 0. The van der Waals surface area contributed by atoms with Crippen LogP contribution in [-0.2, 0) is 19.0 Å². The highest BCUT2D eigenvalue weighted by Gasteiger charge is 2.34. The SMILES string of the molecule is CCCCc1ccc(CC/C=C/c2cc(F)c(C(=O)Oc3ccc(C(F)(F)F)c(F)c3)c(F)c2)c(F)c1.